The molecule has 32 heavy (non-hydrogen) atoms. The van der Waals surface area contributed by atoms with Gasteiger partial charge in [-0.05, 0) is 67.1 Å². The predicted molar refractivity (Wildman–Crippen MR) is 122 cm³/mol. The van der Waals surface area contributed by atoms with Crippen LogP contribution in [0.3, 0.4) is 0 Å². The maximum atomic E-state index is 14.6. The summed E-state index contributed by atoms with van der Waals surface area (Å²) >= 11 is 0. The molecule has 1 heterocycles. The molecule has 3 rings (SSSR count). The third kappa shape index (κ3) is 4.45. The highest BCUT2D eigenvalue weighted by molar-refractivity contribution is 6.74. The summed E-state index contributed by atoms with van der Waals surface area (Å²) in [5.74, 6) is -1.23. The molecule has 2 atom stereocenters. The Bertz CT molecular complexity index is 930. The summed E-state index contributed by atoms with van der Waals surface area (Å²) in [5.41, 5.74) is 0.0960. The molecule has 0 aromatic heterocycles. The average Bonchev–Trinajstić information content (AvgIpc) is 3.30. The Labute approximate surface area is 189 Å². The zero-order chi connectivity index (χ0) is 23.9. The van der Waals surface area contributed by atoms with Crippen LogP contribution in [0.2, 0.25) is 18.1 Å². The van der Waals surface area contributed by atoms with Gasteiger partial charge in [-0.25, -0.2) is 9.18 Å². The van der Waals surface area contributed by atoms with Crippen molar-refractivity contribution in [3.63, 3.8) is 0 Å². The summed E-state index contributed by atoms with van der Waals surface area (Å²) < 4.78 is 20.9. The molecule has 9 heteroatoms. The number of anilines is 1. The van der Waals surface area contributed by atoms with Crippen molar-refractivity contribution in [1.82, 2.24) is 4.90 Å². The zero-order valence-electron chi connectivity index (χ0n) is 19.5. The van der Waals surface area contributed by atoms with E-state index in [4.69, 9.17) is 4.43 Å². The summed E-state index contributed by atoms with van der Waals surface area (Å²) in [4.78, 5) is 37.8. The van der Waals surface area contributed by atoms with Gasteiger partial charge in [0.15, 0.2) is 8.32 Å². The first-order valence-corrected chi connectivity index (χ1v) is 13.9. The molecular weight excluding hydrogens is 431 g/mol. The smallest absolute Gasteiger partial charge is 0.408 e. The van der Waals surface area contributed by atoms with E-state index in [1.54, 1.807) is 6.07 Å². The number of halogens is 1. The maximum Gasteiger partial charge on any atom is 0.408 e. The number of fused-ring (bicyclic) bond motifs is 1. The van der Waals surface area contributed by atoms with Gasteiger partial charge < -0.3 is 19.6 Å². The topological polar surface area (TPSA) is 95.9 Å². The number of rotatable bonds is 6. The number of carboxylic acid groups (broad SMARTS) is 1. The Hall–Kier alpha value is -2.26. The number of amides is 2. The van der Waals surface area contributed by atoms with Gasteiger partial charge in [0.05, 0.1) is 6.61 Å². The summed E-state index contributed by atoms with van der Waals surface area (Å²) in [6.07, 6.45) is 1.32. The van der Waals surface area contributed by atoms with Crippen LogP contribution in [0.5, 0.6) is 0 Å². The standard InChI is InChI=1S/C23H33FN2O5Si/c1-22(2,3)32(4,5)31-14-23(7-6-8-26(23)21(29)30)20(28)25-17-11-16-9-15(13-27)10-18(16)19(24)12-17/h11-13,15H,6-10,14H2,1-5H3,(H,25,28)(H,29,30). The largest absolute Gasteiger partial charge is 0.465 e. The first-order chi connectivity index (χ1) is 14.8. The van der Waals surface area contributed by atoms with Crippen molar-refractivity contribution in [2.24, 2.45) is 5.92 Å². The van der Waals surface area contributed by atoms with Crippen LogP contribution in [0.4, 0.5) is 14.9 Å². The van der Waals surface area contributed by atoms with Gasteiger partial charge in [-0.3, -0.25) is 9.69 Å². The molecule has 7 nitrogen and oxygen atoms in total. The van der Waals surface area contributed by atoms with Crippen LogP contribution >= 0.6 is 0 Å². The number of nitrogens with one attached hydrogen (secondary N) is 1. The van der Waals surface area contributed by atoms with Gasteiger partial charge in [0.1, 0.15) is 17.6 Å². The van der Waals surface area contributed by atoms with E-state index >= 15 is 0 Å². The van der Waals surface area contributed by atoms with Crippen molar-refractivity contribution in [3.8, 4) is 0 Å². The van der Waals surface area contributed by atoms with E-state index in [-0.39, 0.29) is 29.8 Å². The highest BCUT2D eigenvalue weighted by Crippen LogP contribution is 2.39. The number of nitrogens with zero attached hydrogens (tertiary/aromatic N) is 1. The zero-order valence-corrected chi connectivity index (χ0v) is 20.5. The van der Waals surface area contributed by atoms with E-state index in [1.165, 1.54) is 6.07 Å². The molecule has 0 radical (unpaired) electrons. The van der Waals surface area contributed by atoms with E-state index in [2.05, 4.69) is 39.2 Å². The minimum atomic E-state index is -2.25. The van der Waals surface area contributed by atoms with Gasteiger partial charge in [0.2, 0.25) is 0 Å². The number of benzene rings is 1. The lowest BCUT2D eigenvalue weighted by molar-refractivity contribution is -0.127. The lowest BCUT2D eigenvalue weighted by Gasteiger charge is -2.41. The number of hydrogen-bond acceptors (Lipinski definition) is 4. The number of aldehydes is 1. The molecular formula is C23H33FN2O5Si. The van der Waals surface area contributed by atoms with E-state index in [9.17, 15) is 23.9 Å². The molecule has 1 fully saturated rings. The summed E-state index contributed by atoms with van der Waals surface area (Å²) in [7, 11) is -2.25. The van der Waals surface area contributed by atoms with Crippen molar-refractivity contribution < 1.29 is 28.3 Å². The first-order valence-electron chi connectivity index (χ1n) is 11.0. The average molecular weight is 465 g/mol. The second-order valence-electron chi connectivity index (χ2n) is 10.5. The SMILES string of the molecule is CC(C)(C)[Si](C)(C)OCC1(C(=O)Nc2cc(F)c3c(c2)CC(C=O)C3)CCCN1C(=O)O. The molecule has 2 amide bonds. The van der Waals surface area contributed by atoms with Gasteiger partial charge in [0, 0.05) is 18.2 Å². The normalized spacial score (nSPS) is 23.2. The fourth-order valence-corrected chi connectivity index (χ4v) is 5.29. The molecule has 2 aliphatic rings. The molecule has 0 spiro atoms. The van der Waals surface area contributed by atoms with Crippen LogP contribution in [0.1, 0.15) is 44.7 Å². The van der Waals surface area contributed by atoms with Crippen LogP contribution in [-0.4, -0.2) is 55.3 Å². The number of likely N-dealkylation sites (tertiary alicyclic amines) is 1. The molecule has 1 saturated heterocycles. The highest BCUT2D eigenvalue weighted by atomic mass is 28.4. The lowest BCUT2D eigenvalue weighted by Crippen LogP contribution is -2.60. The van der Waals surface area contributed by atoms with Crippen molar-refractivity contribution in [3.05, 3.63) is 29.1 Å². The Balaban J connectivity index is 1.88. The molecule has 1 aliphatic carbocycles. The highest BCUT2D eigenvalue weighted by Gasteiger charge is 2.52. The fraction of sp³-hybridized carbons (Fsp3) is 0.609. The Morgan fingerprint density at radius 1 is 1.34 bits per heavy atom. The number of carbonyl (C=O) groups is 3. The molecule has 2 N–H and O–H groups in total. The first kappa shape index (κ1) is 24.4. The Morgan fingerprint density at radius 3 is 2.62 bits per heavy atom. The minimum Gasteiger partial charge on any atom is -0.465 e. The lowest BCUT2D eigenvalue weighted by atomic mass is 9.95. The van der Waals surface area contributed by atoms with Crippen LogP contribution in [0.25, 0.3) is 0 Å². The Morgan fingerprint density at radius 2 is 2.03 bits per heavy atom. The monoisotopic (exact) mass is 464 g/mol. The quantitative estimate of drug-likeness (QED) is 0.486. The van der Waals surface area contributed by atoms with Gasteiger partial charge in [-0.1, -0.05) is 20.8 Å². The van der Waals surface area contributed by atoms with E-state index in [0.29, 0.717) is 36.8 Å². The minimum absolute atomic E-state index is 0.0394. The predicted octanol–water partition coefficient (Wildman–Crippen LogP) is 4.21. The number of hydrogen-bond donors (Lipinski definition) is 2. The molecule has 1 aliphatic heterocycles. The van der Waals surface area contributed by atoms with E-state index in [0.717, 1.165) is 11.2 Å². The maximum absolute atomic E-state index is 14.6. The third-order valence-corrected chi connectivity index (χ3v) is 11.8. The summed E-state index contributed by atoms with van der Waals surface area (Å²) in [6.45, 7) is 10.5. The molecule has 0 bridgehead atoms. The van der Waals surface area contributed by atoms with Gasteiger partial charge >= 0.3 is 6.09 Å². The van der Waals surface area contributed by atoms with Gasteiger partial charge in [-0.2, -0.15) is 0 Å². The van der Waals surface area contributed by atoms with E-state index in [1.807, 2.05) is 0 Å². The molecule has 2 unspecified atom stereocenters. The van der Waals surface area contributed by atoms with Crippen LogP contribution in [0.15, 0.2) is 12.1 Å². The van der Waals surface area contributed by atoms with E-state index < -0.39 is 31.7 Å². The molecule has 1 aromatic rings. The Kier molecular flexibility index (Phi) is 6.54. The van der Waals surface area contributed by atoms with Crippen LogP contribution < -0.4 is 5.32 Å². The van der Waals surface area contributed by atoms with Gasteiger partial charge in [0.25, 0.3) is 5.91 Å². The van der Waals surface area contributed by atoms with Crippen molar-refractivity contribution in [2.45, 2.75) is 70.1 Å². The third-order valence-electron chi connectivity index (χ3n) is 7.31. The summed E-state index contributed by atoms with van der Waals surface area (Å²) in [6, 6.07) is 2.93. The molecule has 0 saturated carbocycles. The number of carbonyl (C=O) groups excluding carboxylic acids is 2. The van der Waals surface area contributed by atoms with Crippen molar-refractivity contribution >= 4 is 32.3 Å². The van der Waals surface area contributed by atoms with Crippen LogP contribution in [-0.2, 0) is 26.9 Å². The van der Waals surface area contributed by atoms with Crippen molar-refractivity contribution in [1.29, 1.82) is 0 Å². The fourth-order valence-electron chi connectivity index (χ4n) is 4.26. The molecule has 176 valence electrons. The summed E-state index contributed by atoms with van der Waals surface area (Å²) in [5, 5.41) is 12.4. The van der Waals surface area contributed by atoms with Crippen molar-refractivity contribution in [2.75, 3.05) is 18.5 Å². The second kappa shape index (κ2) is 8.59. The van der Waals surface area contributed by atoms with Crippen LogP contribution in [0, 0.1) is 11.7 Å². The second-order valence-corrected chi connectivity index (χ2v) is 15.3. The van der Waals surface area contributed by atoms with Gasteiger partial charge in [-0.15, -0.1) is 0 Å². The molecule has 1 aromatic carbocycles.